The number of hydrogen-bond acceptors (Lipinski definition) is 4. The zero-order valence-corrected chi connectivity index (χ0v) is 11.4. The molecule has 0 aliphatic rings. The first-order valence-electron chi connectivity index (χ1n) is 6.17. The topological polar surface area (TPSA) is 78.9 Å². The Hall–Kier alpha value is -2.05. The number of H-pyrrole nitrogens is 1. The van der Waals surface area contributed by atoms with Crippen LogP contribution in [0.1, 0.15) is 0 Å². The molecule has 6 heteroatoms. The summed E-state index contributed by atoms with van der Waals surface area (Å²) < 4.78 is 11.9. The van der Waals surface area contributed by atoms with Gasteiger partial charge in [-0.05, 0) is 18.2 Å². The number of hydrogen-bond donors (Lipinski definition) is 2. The second-order valence-corrected chi connectivity index (χ2v) is 5.85. The number of benzene rings is 1. The summed E-state index contributed by atoms with van der Waals surface area (Å²) in [7, 11) is -1.19. The third-order valence-corrected chi connectivity index (χ3v) is 4.26. The molecule has 1 unspecified atom stereocenters. The molecule has 0 saturated carbocycles. The number of fused-ring (bicyclic) bond motifs is 1. The third-order valence-electron chi connectivity index (χ3n) is 2.93. The van der Waals surface area contributed by atoms with E-state index in [1.54, 1.807) is 18.5 Å². The monoisotopic (exact) mass is 287 g/mol. The Morgan fingerprint density at radius 1 is 1.30 bits per heavy atom. The Balaban J connectivity index is 2.01. The van der Waals surface area contributed by atoms with E-state index in [1.807, 2.05) is 24.3 Å². The summed E-state index contributed by atoms with van der Waals surface area (Å²) in [5.74, 6) is 0.962. The number of nitrogens with zero attached hydrogens (tertiary/aromatic N) is 2. The lowest BCUT2D eigenvalue weighted by atomic mass is 10.2. The van der Waals surface area contributed by atoms with Gasteiger partial charge in [-0.25, -0.2) is 4.98 Å². The molecule has 0 aliphatic heterocycles. The molecule has 0 bridgehead atoms. The van der Waals surface area contributed by atoms with Crippen LogP contribution in [0.5, 0.6) is 0 Å². The van der Waals surface area contributed by atoms with Crippen LogP contribution in [0.15, 0.2) is 47.6 Å². The zero-order chi connectivity index (χ0) is 13.9. The molecular weight excluding hydrogens is 274 g/mol. The maximum Gasteiger partial charge on any atom is 0.138 e. The normalized spacial score (nSPS) is 12.7. The van der Waals surface area contributed by atoms with Crippen LogP contribution in [-0.4, -0.2) is 36.6 Å². The molecule has 0 radical (unpaired) electrons. The number of aliphatic hydroxyl groups is 1. The maximum absolute atomic E-state index is 11.9. The van der Waals surface area contributed by atoms with Crippen LogP contribution in [0, 0.1) is 0 Å². The van der Waals surface area contributed by atoms with Gasteiger partial charge in [0.05, 0.1) is 40.4 Å². The largest absolute Gasteiger partial charge is 0.395 e. The molecule has 2 heterocycles. The van der Waals surface area contributed by atoms with Gasteiger partial charge >= 0.3 is 0 Å². The molecule has 102 valence electrons. The number of imidazole rings is 1. The van der Waals surface area contributed by atoms with E-state index in [9.17, 15) is 4.21 Å². The van der Waals surface area contributed by atoms with Crippen LogP contribution in [-0.2, 0) is 10.8 Å². The van der Waals surface area contributed by atoms with Crippen LogP contribution < -0.4 is 0 Å². The van der Waals surface area contributed by atoms with Crippen LogP contribution in [0.3, 0.4) is 0 Å². The van der Waals surface area contributed by atoms with Crippen molar-refractivity contribution in [3.8, 4) is 11.4 Å². The van der Waals surface area contributed by atoms with Gasteiger partial charge in [-0.3, -0.25) is 9.19 Å². The first-order chi connectivity index (χ1) is 9.78. The van der Waals surface area contributed by atoms with Crippen molar-refractivity contribution in [2.24, 2.45) is 0 Å². The predicted octanol–water partition coefficient (Wildman–Crippen LogP) is 1.72. The minimum absolute atomic E-state index is 0.0901. The molecule has 1 aromatic carbocycles. The molecule has 0 saturated heterocycles. The van der Waals surface area contributed by atoms with Crippen molar-refractivity contribution in [1.29, 1.82) is 0 Å². The lowest BCUT2D eigenvalue weighted by Crippen LogP contribution is -2.02. The van der Waals surface area contributed by atoms with Crippen molar-refractivity contribution in [2.45, 2.75) is 4.90 Å². The second kappa shape index (κ2) is 5.52. The molecule has 3 rings (SSSR count). The lowest BCUT2D eigenvalue weighted by Gasteiger charge is -2.02. The van der Waals surface area contributed by atoms with Crippen molar-refractivity contribution in [3.63, 3.8) is 0 Å². The highest BCUT2D eigenvalue weighted by Gasteiger charge is 2.08. The van der Waals surface area contributed by atoms with Crippen molar-refractivity contribution < 1.29 is 9.32 Å². The summed E-state index contributed by atoms with van der Waals surface area (Å²) in [6.07, 6.45) is 3.42. The zero-order valence-electron chi connectivity index (χ0n) is 10.6. The first-order valence-corrected chi connectivity index (χ1v) is 7.49. The fourth-order valence-electron chi connectivity index (χ4n) is 1.98. The van der Waals surface area contributed by atoms with E-state index in [1.165, 1.54) is 0 Å². The summed E-state index contributed by atoms with van der Waals surface area (Å²) in [6.45, 7) is -0.0901. The summed E-state index contributed by atoms with van der Waals surface area (Å²) in [5, 5.41) is 8.86. The molecule has 0 amide bonds. The van der Waals surface area contributed by atoms with E-state index in [4.69, 9.17) is 5.11 Å². The van der Waals surface area contributed by atoms with Crippen molar-refractivity contribution in [2.75, 3.05) is 12.4 Å². The van der Waals surface area contributed by atoms with E-state index in [0.717, 1.165) is 22.4 Å². The summed E-state index contributed by atoms with van der Waals surface area (Å²) in [6, 6.07) is 9.20. The van der Waals surface area contributed by atoms with E-state index < -0.39 is 10.8 Å². The summed E-state index contributed by atoms with van der Waals surface area (Å²) in [4.78, 5) is 12.4. The summed E-state index contributed by atoms with van der Waals surface area (Å²) >= 11 is 0. The molecule has 5 nitrogen and oxygen atoms in total. The molecule has 2 aromatic heterocycles. The fourth-order valence-corrected chi connectivity index (χ4v) is 2.87. The van der Waals surface area contributed by atoms with Crippen LogP contribution in [0.25, 0.3) is 22.4 Å². The van der Waals surface area contributed by atoms with Gasteiger partial charge in [0.2, 0.25) is 0 Å². The molecule has 20 heavy (non-hydrogen) atoms. The number of rotatable bonds is 4. The average Bonchev–Trinajstić information content (AvgIpc) is 2.91. The van der Waals surface area contributed by atoms with E-state index in [-0.39, 0.29) is 12.4 Å². The SMILES string of the molecule is O=S(CCO)c1cccc(-c2nc3ccncc3[nH]2)c1. The molecule has 1 atom stereocenters. The number of aromatic amines is 1. The Kier molecular flexibility index (Phi) is 3.58. The minimum Gasteiger partial charge on any atom is -0.395 e. The Labute approximate surface area is 118 Å². The highest BCUT2D eigenvalue weighted by atomic mass is 32.2. The number of nitrogens with one attached hydrogen (secondary N) is 1. The number of aliphatic hydroxyl groups excluding tert-OH is 1. The van der Waals surface area contributed by atoms with Gasteiger partial charge in [0.1, 0.15) is 5.82 Å². The average molecular weight is 287 g/mol. The Morgan fingerprint density at radius 2 is 2.20 bits per heavy atom. The molecule has 3 aromatic rings. The minimum atomic E-state index is -1.19. The highest BCUT2D eigenvalue weighted by molar-refractivity contribution is 7.85. The molecule has 0 fully saturated rings. The third kappa shape index (κ3) is 2.48. The van der Waals surface area contributed by atoms with Crippen molar-refractivity contribution in [1.82, 2.24) is 15.0 Å². The molecule has 0 aliphatic carbocycles. The smallest absolute Gasteiger partial charge is 0.138 e. The van der Waals surface area contributed by atoms with E-state index in [2.05, 4.69) is 15.0 Å². The summed E-state index contributed by atoms with van der Waals surface area (Å²) in [5.41, 5.74) is 2.58. The predicted molar refractivity (Wildman–Crippen MR) is 77.7 cm³/mol. The van der Waals surface area contributed by atoms with E-state index in [0.29, 0.717) is 4.90 Å². The van der Waals surface area contributed by atoms with Gasteiger partial charge in [-0.15, -0.1) is 0 Å². The van der Waals surface area contributed by atoms with Crippen LogP contribution in [0.4, 0.5) is 0 Å². The first kappa shape index (κ1) is 13.0. The Bertz CT molecular complexity index is 737. The molecule has 0 spiro atoms. The van der Waals surface area contributed by atoms with Gasteiger partial charge in [0, 0.05) is 16.7 Å². The maximum atomic E-state index is 11.9. The lowest BCUT2D eigenvalue weighted by molar-refractivity contribution is 0.321. The number of aromatic nitrogens is 3. The Morgan fingerprint density at radius 3 is 3.00 bits per heavy atom. The van der Waals surface area contributed by atoms with Gasteiger partial charge in [-0.2, -0.15) is 0 Å². The standard InChI is InChI=1S/C14H13N3O2S/c18-6-7-20(19)11-3-1-2-10(8-11)14-16-12-4-5-15-9-13(12)17-14/h1-5,8-9,18H,6-7H2,(H,16,17). The van der Waals surface area contributed by atoms with Crippen LogP contribution >= 0.6 is 0 Å². The number of pyridine rings is 1. The van der Waals surface area contributed by atoms with Crippen molar-refractivity contribution >= 4 is 21.8 Å². The van der Waals surface area contributed by atoms with Gasteiger partial charge in [0.15, 0.2) is 0 Å². The quantitative estimate of drug-likeness (QED) is 0.766. The van der Waals surface area contributed by atoms with Gasteiger partial charge in [0.25, 0.3) is 0 Å². The van der Waals surface area contributed by atoms with Crippen LogP contribution in [0.2, 0.25) is 0 Å². The van der Waals surface area contributed by atoms with E-state index >= 15 is 0 Å². The van der Waals surface area contributed by atoms with Gasteiger partial charge < -0.3 is 10.1 Å². The second-order valence-electron chi connectivity index (χ2n) is 4.28. The van der Waals surface area contributed by atoms with Crippen molar-refractivity contribution in [3.05, 3.63) is 42.7 Å². The van der Waals surface area contributed by atoms with Gasteiger partial charge in [-0.1, -0.05) is 12.1 Å². The molecular formula is C14H13N3O2S. The highest BCUT2D eigenvalue weighted by Crippen LogP contribution is 2.22. The molecule has 2 N–H and O–H groups in total. The fraction of sp³-hybridized carbons (Fsp3) is 0.143.